The van der Waals surface area contributed by atoms with Crippen molar-refractivity contribution in [2.24, 2.45) is 0 Å². The predicted molar refractivity (Wildman–Crippen MR) is 74.8 cm³/mol. The minimum absolute atomic E-state index is 0.0938. The van der Waals surface area contributed by atoms with Crippen molar-refractivity contribution in [2.75, 3.05) is 0 Å². The van der Waals surface area contributed by atoms with E-state index in [1.54, 1.807) is 5.51 Å². The van der Waals surface area contributed by atoms with Gasteiger partial charge in [-0.2, -0.15) is 5.26 Å². The third kappa shape index (κ3) is 3.67. The van der Waals surface area contributed by atoms with Crippen molar-refractivity contribution in [1.29, 1.82) is 5.26 Å². The number of aromatic nitrogens is 2. The molecule has 1 aliphatic rings. The van der Waals surface area contributed by atoms with Crippen LogP contribution in [-0.2, 0) is 4.79 Å². The topological polar surface area (TPSA) is 78.7 Å². The molecule has 1 saturated carbocycles. The molecule has 1 fully saturated rings. The molecule has 0 aromatic carbocycles. The second-order valence-electron chi connectivity index (χ2n) is 4.71. The fourth-order valence-corrected chi connectivity index (χ4v) is 3.80. The van der Waals surface area contributed by atoms with Gasteiger partial charge in [-0.3, -0.25) is 4.79 Å². The molecule has 102 valence electrons. The van der Waals surface area contributed by atoms with Gasteiger partial charge >= 0.3 is 0 Å². The molecule has 1 atom stereocenters. The van der Waals surface area contributed by atoms with Crippen LogP contribution in [-0.4, -0.2) is 26.9 Å². The third-order valence-electron chi connectivity index (χ3n) is 3.27. The summed E-state index contributed by atoms with van der Waals surface area (Å²) in [5.41, 5.74) is 0.982. The third-order valence-corrected chi connectivity index (χ3v) is 5.18. The van der Waals surface area contributed by atoms with E-state index in [2.05, 4.69) is 21.6 Å². The van der Waals surface area contributed by atoms with E-state index in [-0.39, 0.29) is 11.2 Å². The molecule has 5 nitrogen and oxygen atoms in total. The summed E-state index contributed by atoms with van der Waals surface area (Å²) in [6, 6.07) is 2.30. The second-order valence-corrected chi connectivity index (χ2v) is 7.13. The van der Waals surface area contributed by atoms with E-state index in [1.165, 1.54) is 23.1 Å². The number of rotatable bonds is 4. The molecule has 1 aliphatic carbocycles. The second kappa shape index (κ2) is 6.35. The van der Waals surface area contributed by atoms with Crippen LogP contribution in [0.15, 0.2) is 9.85 Å². The summed E-state index contributed by atoms with van der Waals surface area (Å²) in [5.74, 6) is -0.0938. The first-order valence-electron chi connectivity index (χ1n) is 6.31. The molecule has 0 unspecified atom stereocenters. The van der Waals surface area contributed by atoms with Crippen LogP contribution in [0.5, 0.6) is 0 Å². The van der Waals surface area contributed by atoms with E-state index in [9.17, 15) is 10.1 Å². The number of nitriles is 1. The lowest BCUT2D eigenvalue weighted by Gasteiger charge is -2.32. The summed E-state index contributed by atoms with van der Waals surface area (Å²) in [7, 11) is 0. The Balaban J connectivity index is 1.94. The Labute approximate surface area is 120 Å². The van der Waals surface area contributed by atoms with Crippen molar-refractivity contribution in [3.05, 3.63) is 5.51 Å². The number of hydrogen-bond donors (Lipinski definition) is 1. The van der Waals surface area contributed by atoms with E-state index in [0.29, 0.717) is 0 Å². The summed E-state index contributed by atoms with van der Waals surface area (Å²) in [6.07, 6.45) is 4.67. The maximum atomic E-state index is 12.2. The molecule has 1 N–H and O–H groups in total. The summed E-state index contributed by atoms with van der Waals surface area (Å²) in [5, 5.41) is 19.7. The Hall–Kier alpha value is -1.13. The van der Waals surface area contributed by atoms with Crippen molar-refractivity contribution >= 4 is 29.0 Å². The zero-order valence-electron chi connectivity index (χ0n) is 10.8. The van der Waals surface area contributed by atoms with E-state index >= 15 is 0 Å². The van der Waals surface area contributed by atoms with Gasteiger partial charge in [0.2, 0.25) is 5.91 Å². The average Bonchev–Trinajstić information content (AvgIpc) is 2.92. The van der Waals surface area contributed by atoms with Crippen molar-refractivity contribution in [3.8, 4) is 6.07 Å². The highest BCUT2D eigenvalue weighted by molar-refractivity contribution is 8.02. The monoisotopic (exact) mass is 296 g/mol. The number of hydrogen-bond acceptors (Lipinski definition) is 6. The first-order valence-corrected chi connectivity index (χ1v) is 8.07. The zero-order valence-corrected chi connectivity index (χ0v) is 12.4. The zero-order chi connectivity index (χ0) is 13.7. The van der Waals surface area contributed by atoms with Gasteiger partial charge in [-0.05, 0) is 19.8 Å². The van der Waals surface area contributed by atoms with Gasteiger partial charge in [-0.25, -0.2) is 0 Å². The Kier molecular flexibility index (Phi) is 4.77. The molecule has 1 amide bonds. The van der Waals surface area contributed by atoms with Gasteiger partial charge in [0.25, 0.3) is 0 Å². The number of amides is 1. The molecule has 0 spiro atoms. The standard InChI is InChI=1S/C12H16N4OS2/c1-9(19-11-16-14-8-18-11)10(17)15-12(7-13)5-3-2-4-6-12/h8-9H,2-6H2,1H3,(H,15,17)/t9-/m1/s1. The van der Waals surface area contributed by atoms with Crippen molar-refractivity contribution in [2.45, 2.75) is 54.2 Å². The maximum absolute atomic E-state index is 12.2. The minimum atomic E-state index is -0.661. The summed E-state index contributed by atoms with van der Waals surface area (Å²) in [6.45, 7) is 1.83. The number of nitrogens with zero attached hydrogens (tertiary/aromatic N) is 3. The largest absolute Gasteiger partial charge is 0.337 e. The van der Waals surface area contributed by atoms with Gasteiger partial charge < -0.3 is 5.32 Å². The van der Waals surface area contributed by atoms with Crippen LogP contribution >= 0.6 is 23.1 Å². The molecular formula is C12H16N4OS2. The molecule has 2 rings (SSSR count). The van der Waals surface area contributed by atoms with Gasteiger partial charge in [0, 0.05) is 0 Å². The van der Waals surface area contributed by atoms with Gasteiger partial charge in [-0.1, -0.05) is 42.4 Å². The molecule has 19 heavy (non-hydrogen) atoms. The lowest BCUT2D eigenvalue weighted by molar-refractivity contribution is -0.121. The van der Waals surface area contributed by atoms with Crippen LogP contribution in [0.4, 0.5) is 0 Å². The van der Waals surface area contributed by atoms with Gasteiger partial charge in [0.15, 0.2) is 4.34 Å². The number of carbonyl (C=O) groups excluding carboxylic acids is 1. The van der Waals surface area contributed by atoms with Crippen LogP contribution in [0.1, 0.15) is 39.0 Å². The Bertz CT molecular complexity index is 463. The van der Waals surface area contributed by atoms with E-state index < -0.39 is 5.54 Å². The van der Waals surface area contributed by atoms with Crippen molar-refractivity contribution < 1.29 is 4.79 Å². The number of carbonyl (C=O) groups is 1. The first-order chi connectivity index (χ1) is 9.15. The Morgan fingerprint density at radius 3 is 2.89 bits per heavy atom. The van der Waals surface area contributed by atoms with Crippen LogP contribution in [0.3, 0.4) is 0 Å². The minimum Gasteiger partial charge on any atom is -0.337 e. The van der Waals surface area contributed by atoms with Gasteiger partial charge in [0.05, 0.1) is 11.3 Å². The van der Waals surface area contributed by atoms with Crippen LogP contribution in [0, 0.1) is 11.3 Å². The highest BCUT2D eigenvalue weighted by Crippen LogP contribution is 2.29. The van der Waals surface area contributed by atoms with Crippen LogP contribution in [0.2, 0.25) is 0 Å². The van der Waals surface area contributed by atoms with Gasteiger partial charge in [-0.15, -0.1) is 10.2 Å². The van der Waals surface area contributed by atoms with Crippen LogP contribution in [0.25, 0.3) is 0 Å². The molecule has 0 bridgehead atoms. The van der Waals surface area contributed by atoms with E-state index in [1.807, 2.05) is 6.92 Å². The molecular weight excluding hydrogens is 280 g/mol. The summed E-state index contributed by atoms with van der Waals surface area (Å²) in [4.78, 5) is 12.2. The molecule has 1 heterocycles. The Morgan fingerprint density at radius 2 is 2.32 bits per heavy atom. The lowest BCUT2D eigenvalue weighted by atomic mass is 9.83. The summed E-state index contributed by atoms with van der Waals surface area (Å²) < 4.78 is 0.775. The number of thioether (sulfide) groups is 1. The maximum Gasteiger partial charge on any atom is 0.234 e. The quantitative estimate of drug-likeness (QED) is 0.863. The fourth-order valence-electron chi connectivity index (χ4n) is 2.18. The lowest BCUT2D eigenvalue weighted by Crippen LogP contribution is -2.50. The molecule has 0 saturated heterocycles. The van der Waals surface area contributed by atoms with Gasteiger partial charge in [0.1, 0.15) is 11.0 Å². The molecule has 1 aromatic heterocycles. The molecule has 0 aliphatic heterocycles. The van der Waals surface area contributed by atoms with Crippen molar-refractivity contribution in [3.63, 3.8) is 0 Å². The van der Waals surface area contributed by atoms with Crippen LogP contribution < -0.4 is 5.32 Å². The van der Waals surface area contributed by atoms with Crippen molar-refractivity contribution in [1.82, 2.24) is 15.5 Å². The highest BCUT2D eigenvalue weighted by atomic mass is 32.2. The molecule has 7 heteroatoms. The van der Waals surface area contributed by atoms with E-state index in [0.717, 1.165) is 36.4 Å². The Morgan fingerprint density at radius 1 is 1.58 bits per heavy atom. The fraction of sp³-hybridized carbons (Fsp3) is 0.667. The number of nitrogens with one attached hydrogen (secondary N) is 1. The predicted octanol–water partition coefficient (Wildman–Crippen LogP) is 2.36. The first kappa shape index (κ1) is 14.3. The smallest absolute Gasteiger partial charge is 0.234 e. The SMILES string of the molecule is C[C@@H](Sc1nncs1)C(=O)NC1(C#N)CCCCC1. The molecule has 0 radical (unpaired) electrons. The highest BCUT2D eigenvalue weighted by Gasteiger charge is 2.34. The normalized spacial score (nSPS) is 19.4. The summed E-state index contributed by atoms with van der Waals surface area (Å²) >= 11 is 2.79. The average molecular weight is 296 g/mol. The van der Waals surface area contributed by atoms with E-state index in [4.69, 9.17) is 0 Å². The molecule has 1 aromatic rings.